The zero-order chi connectivity index (χ0) is 15.9. The summed E-state index contributed by atoms with van der Waals surface area (Å²) in [6, 6.07) is 3.47. The number of nitrogens with zero attached hydrogens (tertiary/aromatic N) is 2. The zero-order valence-corrected chi connectivity index (χ0v) is 13.4. The Bertz CT molecular complexity index is 698. The van der Waals surface area contributed by atoms with Crippen LogP contribution in [0.25, 0.3) is 0 Å². The first-order valence-electron chi connectivity index (χ1n) is 7.13. The summed E-state index contributed by atoms with van der Waals surface area (Å²) in [7, 11) is -3.93. The molecule has 1 aliphatic carbocycles. The molecule has 3 rings (SSSR count). The van der Waals surface area contributed by atoms with E-state index < -0.39 is 20.7 Å². The molecule has 1 saturated heterocycles. The molecule has 1 aromatic carbocycles. The molecule has 8 heteroatoms. The second-order valence-corrected chi connectivity index (χ2v) is 7.92. The van der Waals surface area contributed by atoms with Crippen LogP contribution in [0.15, 0.2) is 23.1 Å². The smallest absolute Gasteiger partial charge is 0.246 e. The van der Waals surface area contributed by atoms with Gasteiger partial charge in [-0.3, -0.25) is 4.79 Å². The number of hydrogen-bond donors (Lipinski definition) is 0. The van der Waals surface area contributed by atoms with Crippen LogP contribution in [0.5, 0.6) is 0 Å². The minimum absolute atomic E-state index is 0.103. The van der Waals surface area contributed by atoms with Crippen LogP contribution in [0, 0.1) is 11.7 Å². The topological polar surface area (TPSA) is 57.7 Å². The van der Waals surface area contributed by atoms with Crippen LogP contribution < -0.4 is 0 Å². The average molecular weight is 347 g/mol. The summed E-state index contributed by atoms with van der Waals surface area (Å²) in [6.07, 6.45) is 1.84. The highest BCUT2D eigenvalue weighted by Crippen LogP contribution is 2.31. The van der Waals surface area contributed by atoms with Crippen molar-refractivity contribution in [2.75, 3.05) is 26.2 Å². The molecule has 22 heavy (non-hydrogen) atoms. The van der Waals surface area contributed by atoms with Crippen molar-refractivity contribution >= 4 is 27.5 Å². The van der Waals surface area contributed by atoms with Gasteiger partial charge in [0, 0.05) is 37.1 Å². The molecule has 1 aliphatic heterocycles. The van der Waals surface area contributed by atoms with Crippen LogP contribution in [0.2, 0.25) is 5.02 Å². The van der Waals surface area contributed by atoms with Gasteiger partial charge in [-0.05, 0) is 31.0 Å². The molecule has 120 valence electrons. The third kappa shape index (κ3) is 2.98. The molecule has 1 saturated carbocycles. The Hall–Kier alpha value is -1.18. The normalized spacial score (nSPS) is 20.2. The van der Waals surface area contributed by atoms with Crippen LogP contribution in [-0.4, -0.2) is 49.7 Å². The standard InChI is InChI=1S/C14H16ClFN2O3S/c15-11-3-4-12(16)13(9-11)22(20,21)18-7-5-17(6-8-18)14(19)10-1-2-10/h3-4,9-10H,1-2,5-8H2. The molecule has 5 nitrogen and oxygen atoms in total. The van der Waals surface area contributed by atoms with E-state index in [-0.39, 0.29) is 29.9 Å². The monoisotopic (exact) mass is 346 g/mol. The summed E-state index contributed by atoms with van der Waals surface area (Å²) in [5.41, 5.74) is 0. The summed E-state index contributed by atoms with van der Waals surface area (Å²) in [6.45, 7) is 1.03. The Morgan fingerprint density at radius 1 is 1.18 bits per heavy atom. The largest absolute Gasteiger partial charge is 0.340 e. The number of halogens is 2. The fourth-order valence-electron chi connectivity index (χ4n) is 2.55. The maximum Gasteiger partial charge on any atom is 0.246 e. The van der Waals surface area contributed by atoms with Crippen molar-refractivity contribution in [3.05, 3.63) is 29.0 Å². The van der Waals surface area contributed by atoms with Crippen LogP contribution in [0.4, 0.5) is 4.39 Å². The molecule has 0 atom stereocenters. The minimum atomic E-state index is -3.93. The number of piperazine rings is 1. The van der Waals surface area contributed by atoms with E-state index in [0.717, 1.165) is 25.0 Å². The van der Waals surface area contributed by atoms with Gasteiger partial charge in [-0.15, -0.1) is 0 Å². The summed E-state index contributed by atoms with van der Waals surface area (Å²) in [5, 5.41) is 0.169. The fraction of sp³-hybridized carbons (Fsp3) is 0.500. The molecule has 0 N–H and O–H groups in total. The lowest BCUT2D eigenvalue weighted by Gasteiger charge is -2.34. The summed E-state index contributed by atoms with van der Waals surface area (Å²) in [4.78, 5) is 13.2. The Balaban J connectivity index is 1.74. The van der Waals surface area contributed by atoms with Crippen LogP contribution in [0.1, 0.15) is 12.8 Å². The second kappa shape index (κ2) is 5.79. The second-order valence-electron chi connectivity index (χ2n) is 5.58. The maximum absolute atomic E-state index is 13.8. The van der Waals surface area contributed by atoms with E-state index in [9.17, 15) is 17.6 Å². The van der Waals surface area contributed by atoms with Gasteiger partial charge in [0.05, 0.1) is 0 Å². The number of carbonyl (C=O) groups excluding carboxylic acids is 1. The van der Waals surface area contributed by atoms with Crippen molar-refractivity contribution in [2.24, 2.45) is 5.92 Å². The summed E-state index contributed by atoms with van der Waals surface area (Å²) in [5.74, 6) is -0.597. The van der Waals surface area contributed by atoms with Crippen molar-refractivity contribution < 1.29 is 17.6 Å². The summed E-state index contributed by atoms with van der Waals surface area (Å²) >= 11 is 5.77. The average Bonchev–Trinajstić information content (AvgIpc) is 3.34. The SMILES string of the molecule is O=C(C1CC1)N1CCN(S(=O)(=O)c2cc(Cl)ccc2F)CC1. The zero-order valence-electron chi connectivity index (χ0n) is 11.8. The van der Waals surface area contributed by atoms with Gasteiger partial charge in [0.15, 0.2) is 0 Å². The first-order valence-corrected chi connectivity index (χ1v) is 8.95. The van der Waals surface area contributed by atoms with E-state index in [0.29, 0.717) is 13.1 Å². The number of sulfonamides is 1. The van der Waals surface area contributed by atoms with Crippen molar-refractivity contribution in [3.63, 3.8) is 0 Å². The molecule has 1 amide bonds. The van der Waals surface area contributed by atoms with E-state index in [1.807, 2.05) is 0 Å². The highest BCUT2D eigenvalue weighted by Gasteiger charge is 2.37. The molecule has 2 aliphatic rings. The van der Waals surface area contributed by atoms with Crippen molar-refractivity contribution in [1.29, 1.82) is 0 Å². The molecule has 0 aromatic heterocycles. The van der Waals surface area contributed by atoms with Gasteiger partial charge in [-0.2, -0.15) is 4.31 Å². The quantitative estimate of drug-likeness (QED) is 0.837. The Morgan fingerprint density at radius 3 is 2.41 bits per heavy atom. The molecule has 1 aromatic rings. The van der Waals surface area contributed by atoms with Crippen molar-refractivity contribution in [2.45, 2.75) is 17.7 Å². The maximum atomic E-state index is 13.8. The van der Waals surface area contributed by atoms with Gasteiger partial charge in [-0.1, -0.05) is 11.6 Å². The van der Waals surface area contributed by atoms with E-state index in [1.165, 1.54) is 10.4 Å². The number of benzene rings is 1. The molecule has 0 bridgehead atoms. The van der Waals surface area contributed by atoms with E-state index in [4.69, 9.17) is 11.6 Å². The predicted octanol–water partition coefficient (Wildman–Crippen LogP) is 1.72. The van der Waals surface area contributed by atoms with Crippen LogP contribution >= 0.6 is 11.6 Å². The predicted molar refractivity (Wildman–Crippen MR) is 79.5 cm³/mol. The Morgan fingerprint density at radius 2 is 1.82 bits per heavy atom. The lowest BCUT2D eigenvalue weighted by atomic mass is 10.3. The van der Waals surface area contributed by atoms with Gasteiger partial charge in [0.2, 0.25) is 15.9 Å². The van der Waals surface area contributed by atoms with Crippen LogP contribution in [-0.2, 0) is 14.8 Å². The minimum Gasteiger partial charge on any atom is -0.340 e. The van der Waals surface area contributed by atoms with E-state index in [2.05, 4.69) is 0 Å². The first kappa shape index (κ1) is 15.7. The molecular formula is C14H16ClFN2O3S. The number of hydrogen-bond acceptors (Lipinski definition) is 3. The molecule has 1 heterocycles. The van der Waals surface area contributed by atoms with Gasteiger partial charge >= 0.3 is 0 Å². The number of rotatable bonds is 3. The molecule has 2 fully saturated rings. The molecule has 0 radical (unpaired) electrons. The third-order valence-electron chi connectivity index (χ3n) is 3.99. The van der Waals surface area contributed by atoms with Crippen molar-refractivity contribution in [3.8, 4) is 0 Å². The first-order chi connectivity index (χ1) is 10.4. The van der Waals surface area contributed by atoms with E-state index >= 15 is 0 Å². The van der Waals surface area contributed by atoms with Gasteiger partial charge < -0.3 is 4.90 Å². The highest BCUT2D eigenvalue weighted by atomic mass is 35.5. The molecule has 0 unspecified atom stereocenters. The summed E-state index contributed by atoms with van der Waals surface area (Å²) < 4.78 is 40.0. The van der Waals surface area contributed by atoms with Crippen LogP contribution in [0.3, 0.4) is 0 Å². The van der Waals surface area contributed by atoms with E-state index in [1.54, 1.807) is 4.90 Å². The lowest BCUT2D eigenvalue weighted by Crippen LogP contribution is -2.51. The van der Waals surface area contributed by atoms with Gasteiger partial charge in [0.1, 0.15) is 10.7 Å². The van der Waals surface area contributed by atoms with Gasteiger partial charge in [-0.25, -0.2) is 12.8 Å². The lowest BCUT2D eigenvalue weighted by molar-refractivity contribution is -0.133. The Labute approximate surface area is 133 Å². The van der Waals surface area contributed by atoms with Crippen molar-refractivity contribution in [1.82, 2.24) is 9.21 Å². The number of carbonyl (C=O) groups is 1. The molecule has 0 spiro atoms. The Kier molecular flexibility index (Phi) is 4.13. The third-order valence-corrected chi connectivity index (χ3v) is 6.14. The molecular weight excluding hydrogens is 331 g/mol. The fourth-order valence-corrected chi connectivity index (χ4v) is 4.30. The van der Waals surface area contributed by atoms with Gasteiger partial charge in [0.25, 0.3) is 0 Å². The highest BCUT2D eigenvalue weighted by molar-refractivity contribution is 7.89. The number of amides is 1.